The van der Waals surface area contributed by atoms with Crippen molar-refractivity contribution in [1.29, 1.82) is 0 Å². The van der Waals surface area contributed by atoms with Crippen LogP contribution in [-0.4, -0.2) is 33.8 Å². The first-order chi connectivity index (χ1) is 14.3. The first kappa shape index (κ1) is 23.7. The number of aliphatic imine (C=N–C) groups is 1. The fraction of sp³-hybridized carbons (Fsp3) is 0.435. The van der Waals surface area contributed by atoms with Crippen LogP contribution >= 0.6 is 0 Å². The largest absolute Gasteiger partial charge is 0.494 e. The van der Waals surface area contributed by atoms with Crippen LogP contribution in [-0.2, 0) is 22.9 Å². The molecule has 0 amide bonds. The standard InChI is InChI=1S/C23H33N3O3S/c1-5-7-13-29-21-10-8-9-19(15-21)16-25-23(24-6-2)26-17-20-11-12-22(18(3)14-20)30(4,27)28/h8-12,14-15H,5-7,13,16-17H2,1-4H3,(H2,24,25,26). The molecule has 0 aromatic heterocycles. The Hall–Kier alpha value is -2.54. The SMILES string of the molecule is CCCCOc1cccc(CN=C(NCC)NCc2ccc(S(C)(=O)=O)c(C)c2)c1. The van der Waals surface area contributed by atoms with Crippen molar-refractivity contribution in [3.05, 3.63) is 59.2 Å². The normalized spacial score (nSPS) is 11.9. The predicted molar refractivity (Wildman–Crippen MR) is 123 cm³/mol. The molecule has 0 bridgehead atoms. The summed E-state index contributed by atoms with van der Waals surface area (Å²) in [5, 5.41) is 6.55. The molecule has 0 aliphatic carbocycles. The van der Waals surface area contributed by atoms with Crippen molar-refractivity contribution in [2.75, 3.05) is 19.4 Å². The molecule has 2 aromatic carbocycles. The molecule has 0 heterocycles. The van der Waals surface area contributed by atoms with Crippen molar-refractivity contribution < 1.29 is 13.2 Å². The minimum atomic E-state index is -3.21. The van der Waals surface area contributed by atoms with Crippen LogP contribution in [0.1, 0.15) is 43.4 Å². The Bertz CT molecular complexity index is 956. The van der Waals surface area contributed by atoms with Gasteiger partial charge in [-0.1, -0.05) is 37.6 Å². The first-order valence-electron chi connectivity index (χ1n) is 10.4. The van der Waals surface area contributed by atoms with E-state index in [1.54, 1.807) is 6.07 Å². The second kappa shape index (κ2) is 11.6. The van der Waals surface area contributed by atoms with E-state index in [9.17, 15) is 8.42 Å². The number of unbranched alkanes of at least 4 members (excludes halogenated alkanes) is 1. The summed E-state index contributed by atoms with van der Waals surface area (Å²) in [7, 11) is -3.21. The van der Waals surface area contributed by atoms with Gasteiger partial charge in [0.15, 0.2) is 15.8 Å². The topological polar surface area (TPSA) is 79.8 Å². The summed E-state index contributed by atoms with van der Waals surface area (Å²) in [4.78, 5) is 5.03. The van der Waals surface area contributed by atoms with Crippen molar-refractivity contribution >= 4 is 15.8 Å². The van der Waals surface area contributed by atoms with E-state index >= 15 is 0 Å². The Morgan fingerprint density at radius 1 is 1.07 bits per heavy atom. The van der Waals surface area contributed by atoms with Crippen LogP contribution in [0, 0.1) is 6.92 Å². The average Bonchev–Trinajstić information content (AvgIpc) is 2.70. The Labute approximate surface area is 180 Å². The number of benzene rings is 2. The molecule has 0 fully saturated rings. The monoisotopic (exact) mass is 431 g/mol. The number of ether oxygens (including phenoxy) is 1. The van der Waals surface area contributed by atoms with Gasteiger partial charge in [-0.2, -0.15) is 0 Å². The second-order valence-corrected chi connectivity index (χ2v) is 9.25. The summed E-state index contributed by atoms with van der Waals surface area (Å²) in [6.07, 6.45) is 3.38. The maximum Gasteiger partial charge on any atom is 0.191 e. The molecule has 6 nitrogen and oxygen atoms in total. The van der Waals surface area contributed by atoms with Gasteiger partial charge < -0.3 is 15.4 Å². The zero-order chi connectivity index (χ0) is 22.0. The summed E-state index contributed by atoms with van der Waals surface area (Å²) < 4.78 is 29.3. The molecule has 0 aliphatic rings. The van der Waals surface area contributed by atoms with Crippen LogP contribution in [0.4, 0.5) is 0 Å². The van der Waals surface area contributed by atoms with Crippen molar-refractivity contribution in [2.24, 2.45) is 4.99 Å². The molecule has 7 heteroatoms. The van der Waals surface area contributed by atoms with Gasteiger partial charge in [0.05, 0.1) is 18.0 Å². The molecule has 0 radical (unpaired) electrons. The van der Waals surface area contributed by atoms with Crippen LogP contribution in [0.3, 0.4) is 0 Å². The molecule has 0 unspecified atom stereocenters. The van der Waals surface area contributed by atoms with Crippen molar-refractivity contribution in [1.82, 2.24) is 10.6 Å². The van der Waals surface area contributed by atoms with Gasteiger partial charge in [0, 0.05) is 19.3 Å². The van der Waals surface area contributed by atoms with Crippen molar-refractivity contribution in [3.63, 3.8) is 0 Å². The highest BCUT2D eigenvalue weighted by atomic mass is 32.2. The molecule has 0 spiro atoms. The zero-order valence-electron chi connectivity index (χ0n) is 18.4. The van der Waals surface area contributed by atoms with Crippen molar-refractivity contribution in [2.45, 2.75) is 51.6 Å². The lowest BCUT2D eigenvalue weighted by Crippen LogP contribution is -2.36. The lowest BCUT2D eigenvalue weighted by atomic mass is 10.1. The molecular weight excluding hydrogens is 398 g/mol. The fourth-order valence-electron chi connectivity index (χ4n) is 3.00. The maximum absolute atomic E-state index is 11.8. The summed E-state index contributed by atoms with van der Waals surface area (Å²) in [5.74, 6) is 1.58. The number of hydrogen-bond acceptors (Lipinski definition) is 4. The molecule has 0 aliphatic heterocycles. The molecule has 164 valence electrons. The van der Waals surface area contributed by atoms with Gasteiger partial charge in [-0.3, -0.25) is 0 Å². The highest BCUT2D eigenvalue weighted by Crippen LogP contribution is 2.17. The Morgan fingerprint density at radius 3 is 2.53 bits per heavy atom. The summed E-state index contributed by atoms with van der Waals surface area (Å²) in [5.41, 5.74) is 2.82. The predicted octanol–water partition coefficient (Wildman–Crippen LogP) is 3.83. The quantitative estimate of drug-likeness (QED) is 0.339. The number of aryl methyl sites for hydroxylation is 1. The third-order valence-corrected chi connectivity index (χ3v) is 5.78. The molecule has 2 aromatic rings. The Morgan fingerprint density at radius 2 is 1.87 bits per heavy atom. The van der Waals surface area contributed by atoms with E-state index in [4.69, 9.17) is 4.74 Å². The van der Waals surface area contributed by atoms with Gasteiger partial charge in [-0.15, -0.1) is 0 Å². The highest BCUT2D eigenvalue weighted by molar-refractivity contribution is 7.90. The van der Waals surface area contributed by atoms with E-state index in [0.29, 0.717) is 23.9 Å². The van der Waals surface area contributed by atoms with Gasteiger partial charge in [0.2, 0.25) is 0 Å². The van der Waals surface area contributed by atoms with Crippen molar-refractivity contribution in [3.8, 4) is 5.75 Å². The van der Waals surface area contributed by atoms with E-state index in [1.807, 2.05) is 50.2 Å². The summed E-state index contributed by atoms with van der Waals surface area (Å²) >= 11 is 0. The van der Waals surface area contributed by atoms with Gasteiger partial charge in [0.1, 0.15) is 5.75 Å². The molecule has 0 saturated heterocycles. The summed E-state index contributed by atoms with van der Waals surface area (Å²) in [6, 6.07) is 13.4. The molecule has 2 rings (SSSR count). The van der Waals surface area contributed by atoms with Crippen LogP contribution in [0.2, 0.25) is 0 Å². The lowest BCUT2D eigenvalue weighted by molar-refractivity contribution is 0.309. The minimum absolute atomic E-state index is 0.368. The van der Waals surface area contributed by atoms with Crippen LogP contribution in [0.25, 0.3) is 0 Å². The smallest absolute Gasteiger partial charge is 0.191 e. The Kier molecular flexibility index (Phi) is 9.17. The van der Waals surface area contributed by atoms with Crippen LogP contribution < -0.4 is 15.4 Å². The molecular formula is C23H33N3O3S. The van der Waals surface area contributed by atoms with Gasteiger partial charge in [0.25, 0.3) is 0 Å². The van der Waals surface area contributed by atoms with Gasteiger partial charge in [-0.05, 0) is 55.2 Å². The number of rotatable bonds is 10. The van der Waals surface area contributed by atoms with Gasteiger partial charge >= 0.3 is 0 Å². The van der Waals surface area contributed by atoms with Crippen LogP contribution in [0.15, 0.2) is 52.4 Å². The van der Waals surface area contributed by atoms with Gasteiger partial charge in [-0.25, -0.2) is 13.4 Å². The number of sulfone groups is 1. The molecule has 0 saturated carbocycles. The average molecular weight is 432 g/mol. The molecule has 0 atom stereocenters. The van der Waals surface area contributed by atoms with E-state index in [2.05, 4.69) is 22.5 Å². The summed E-state index contributed by atoms with van der Waals surface area (Å²) in [6.45, 7) is 8.54. The number of nitrogens with zero attached hydrogens (tertiary/aromatic N) is 1. The molecule has 2 N–H and O–H groups in total. The number of guanidine groups is 1. The molecule has 30 heavy (non-hydrogen) atoms. The van der Waals surface area contributed by atoms with E-state index in [0.717, 1.165) is 48.4 Å². The third kappa shape index (κ3) is 7.71. The van der Waals surface area contributed by atoms with E-state index in [1.165, 1.54) is 6.26 Å². The first-order valence-corrected chi connectivity index (χ1v) is 12.3. The minimum Gasteiger partial charge on any atom is -0.494 e. The Balaban J connectivity index is 2.01. The third-order valence-electron chi connectivity index (χ3n) is 4.53. The lowest BCUT2D eigenvalue weighted by Gasteiger charge is -2.13. The fourth-order valence-corrected chi connectivity index (χ4v) is 3.96. The number of hydrogen-bond donors (Lipinski definition) is 2. The second-order valence-electron chi connectivity index (χ2n) is 7.27. The van der Waals surface area contributed by atoms with E-state index in [-0.39, 0.29) is 0 Å². The number of nitrogens with one attached hydrogen (secondary N) is 2. The highest BCUT2D eigenvalue weighted by Gasteiger charge is 2.11. The van der Waals surface area contributed by atoms with Crippen LogP contribution in [0.5, 0.6) is 5.75 Å². The van der Waals surface area contributed by atoms with E-state index < -0.39 is 9.84 Å². The zero-order valence-corrected chi connectivity index (χ0v) is 19.2. The maximum atomic E-state index is 11.8.